The van der Waals surface area contributed by atoms with Gasteiger partial charge in [0.15, 0.2) is 0 Å². The second kappa shape index (κ2) is 8.68. The molecule has 1 aromatic carbocycles. The second-order valence-electron chi connectivity index (χ2n) is 6.67. The van der Waals surface area contributed by atoms with Gasteiger partial charge < -0.3 is 4.74 Å². The summed E-state index contributed by atoms with van der Waals surface area (Å²) in [7, 11) is 0. The molecular weight excluding hydrogens is 286 g/mol. The molecular formula is C20H29NO2. The van der Waals surface area contributed by atoms with Crippen molar-refractivity contribution in [3.8, 4) is 0 Å². The van der Waals surface area contributed by atoms with Crippen molar-refractivity contribution >= 4 is 5.97 Å². The van der Waals surface area contributed by atoms with Crippen LogP contribution in [0.3, 0.4) is 0 Å². The molecule has 0 saturated carbocycles. The summed E-state index contributed by atoms with van der Waals surface area (Å²) < 4.78 is 5.44. The van der Waals surface area contributed by atoms with Crippen molar-refractivity contribution in [2.75, 3.05) is 6.54 Å². The molecule has 3 nitrogen and oxygen atoms in total. The van der Waals surface area contributed by atoms with Gasteiger partial charge in [-0.1, -0.05) is 42.5 Å². The molecule has 23 heavy (non-hydrogen) atoms. The maximum Gasteiger partial charge on any atom is 0.308 e. The molecule has 0 fully saturated rings. The molecule has 0 saturated heterocycles. The normalized spacial score (nSPS) is 14.1. The van der Waals surface area contributed by atoms with Gasteiger partial charge in [-0.25, -0.2) is 0 Å². The van der Waals surface area contributed by atoms with E-state index in [2.05, 4.69) is 37.1 Å². The summed E-state index contributed by atoms with van der Waals surface area (Å²) in [6.45, 7) is 16.2. The number of hydrogen-bond donors (Lipinski definition) is 0. The molecule has 0 N–H and O–H groups in total. The summed E-state index contributed by atoms with van der Waals surface area (Å²) in [5.74, 6) is -0.211. The van der Waals surface area contributed by atoms with E-state index in [0.29, 0.717) is 6.54 Å². The van der Waals surface area contributed by atoms with Crippen LogP contribution in [0.5, 0.6) is 0 Å². The average Bonchev–Trinajstić information content (AvgIpc) is 2.49. The molecule has 0 spiro atoms. The Balaban J connectivity index is 2.90. The Morgan fingerprint density at radius 1 is 1.26 bits per heavy atom. The molecule has 0 bridgehead atoms. The van der Waals surface area contributed by atoms with Crippen LogP contribution in [0.2, 0.25) is 0 Å². The van der Waals surface area contributed by atoms with Crippen LogP contribution in [0.15, 0.2) is 55.6 Å². The van der Waals surface area contributed by atoms with E-state index < -0.39 is 5.60 Å². The third kappa shape index (κ3) is 6.41. The highest BCUT2D eigenvalue weighted by Crippen LogP contribution is 2.24. The van der Waals surface area contributed by atoms with Gasteiger partial charge in [0.25, 0.3) is 0 Å². The first-order valence-corrected chi connectivity index (χ1v) is 8.04. The topological polar surface area (TPSA) is 29.5 Å². The van der Waals surface area contributed by atoms with Crippen molar-refractivity contribution in [2.24, 2.45) is 0 Å². The maximum absolute atomic E-state index is 12.2. The maximum atomic E-state index is 12.2. The number of esters is 1. The van der Waals surface area contributed by atoms with E-state index >= 15 is 0 Å². The summed E-state index contributed by atoms with van der Waals surface area (Å²) in [6.07, 6.45) is 3.95. The molecule has 0 aliphatic rings. The van der Waals surface area contributed by atoms with Gasteiger partial charge >= 0.3 is 5.97 Å². The molecule has 126 valence electrons. The van der Waals surface area contributed by atoms with Crippen LogP contribution in [0.25, 0.3) is 0 Å². The molecule has 2 atom stereocenters. The Morgan fingerprint density at radius 3 is 2.35 bits per heavy atom. The minimum atomic E-state index is -0.475. The molecule has 3 heteroatoms. The van der Waals surface area contributed by atoms with Crippen LogP contribution in [0.1, 0.15) is 45.7 Å². The monoisotopic (exact) mass is 315 g/mol. The van der Waals surface area contributed by atoms with Crippen LogP contribution in [-0.4, -0.2) is 29.1 Å². The number of nitrogens with zero attached hydrogens (tertiary/aromatic N) is 1. The fourth-order valence-electron chi connectivity index (χ4n) is 2.54. The predicted octanol–water partition coefficient (Wildman–Crippen LogP) is 4.52. The molecule has 0 radical (unpaired) electrons. The molecule has 1 aromatic rings. The van der Waals surface area contributed by atoms with E-state index in [-0.39, 0.29) is 24.5 Å². The van der Waals surface area contributed by atoms with Crippen molar-refractivity contribution in [1.29, 1.82) is 0 Å². The number of carbonyl (C=O) groups is 1. The Kier molecular flexibility index (Phi) is 7.24. The van der Waals surface area contributed by atoms with Crippen molar-refractivity contribution in [2.45, 2.75) is 51.8 Å². The summed E-state index contributed by atoms with van der Waals surface area (Å²) in [4.78, 5) is 14.4. The van der Waals surface area contributed by atoms with Gasteiger partial charge in [-0.15, -0.1) is 13.2 Å². The Labute approximate surface area is 140 Å². The lowest BCUT2D eigenvalue weighted by atomic mass is 10.0. The van der Waals surface area contributed by atoms with Gasteiger partial charge in [-0.3, -0.25) is 9.69 Å². The van der Waals surface area contributed by atoms with E-state index in [1.807, 2.05) is 51.1 Å². The van der Waals surface area contributed by atoms with Crippen LogP contribution >= 0.6 is 0 Å². The molecule has 0 heterocycles. The molecule has 0 aromatic heterocycles. The number of ether oxygens (including phenoxy) is 1. The minimum absolute atomic E-state index is 0.0990. The highest BCUT2D eigenvalue weighted by atomic mass is 16.6. The Hall–Kier alpha value is -1.87. The van der Waals surface area contributed by atoms with Gasteiger partial charge in [0.2, 0.25) is 0 Å². The Bertz CT molecular complexity index is 516. The fraction of sp³-hybridized carbons (Fsp3) is 0.450. The predicted molar refractivity (Wildman–Crippen MR) is 96.2 cm³/mol. The van der Waals surface area contributed by atoms with Crippen molar-refractivity contribution < 1.29 is 9.53 Å². The summed E-state index contributed by atoms with van der Waals surface area (Å²) in [5.41, 5.74) is 0.724. The van der Waals surface area contributed by atoms with Crippen LogP contribution in [0, 0.1) is 0 Å². The number of rotatable bonds is 8. The van der Waals surface area contributed by atoms with Crippen LogP contribution < -0.4 is 0 Å². The van der Waals surface area contributed by atoms with E-state index in [9.17, 15) is 4.79 Å². The van der Waals surface area contributed by atoms with Crippen molar-refractivity contribution in [3.05, 3.63) is 61.2 Å². The summed E-state index contributed by atoms with van der Waals surface area (Å²) in [6, 6.07) is 10.3. The zero-order chi connectivity index (χ0) is 17.5. The number of hydrogen-bond acceptors (Lipinski definition) is 3. The molecule has 1 rings (SSSR count). The van der Waals surface area contributed by atoms with E-state index in [1.165, 1.54) is 5.56 Å². The van der Waals surface area contributed by atoms with Crippen molar-refractivity contribution in [3.63, 3.8) is 0 Å². The lowest BCUT2D eigenvalue weighted by molar-refractivity contribution is -0.156. The quantitative estimate of drug-likeness (QED) is 0.522. The molecule has 0 aliphatic carbocycles. The van der Waals surface area contributed by atoms with Gasteiger partial charge in [0.1, 0.15) is 5.60 Å². The van der Waals surface area contributed by atoms with Crippen LogP contribution in [0.4, 0.5) is 0 Å². The van der Waals surface area contributed by atoms with E-state index in [4.69, 9.17) is 4.74 Å². The number of carbonyl (C=O) groups excluding carboxylic acids is 1. The summed E-state index contributed by atoms with van der Waals surface area (Å²) in [5, 5.41) is 0. The zero-order valence-electron chi connectivity index (χ0n) is 14.8. The van der Waals surface area contributed by atoms with Gasteiger partial charge in [0, 0.05) is 18.6 Å². The first-order valence-electron chi connectivity index (χ1n) is 8.04. The minimum Gasteiger partial charge on any atom is -0.460 e. The van der Waals surface area contributed by atoms with E-state index in [0.717, 1.165) is 0 Å². The standard InChI is InChI=1S/C20H29NO2/c1-7-14-21(16(3)17-12-10-9-11-13-17)18(8-2)15-19(22)23-20(4,5)6/h7-13,16,18H,1-2,14-15H2,3-6H3/t16-,18?/m1/s1. The number of benzene rings is 1. The third-order valence-corrected chi connectivity index (χ3v) is 3.61. The second-order valence-corrected chi connectivity index (χ2v) is 6.67. The van der Waals surface area contributed by atoms with Gasteiger partial charge in [-0.05, 0) is 33.3 Å². The van der Waals surface area contributed by atoms with Gasteiger partial charge in [-0.2, -0.15) is 0 Å². The third-order valence-electron chi connectivity index (χ3n) is 3.61. The van der Waals surface area contributed by atoms with E-state index in [1.54, 1.807) is 0 Å². The first-order chi connectivity index (χ1) is 10.8. The highest BCUT2D eigenvalue weighted by Gasteiger charge is 2.26. The fourth-order valence-corrected chi connectivity index (χ4v) is 2.54. The average molecular weight is 315 g/mol. The molecule has 1 unspecified atom stereocenters. The largest absolute Gasteiger partial charge is 0.460 e. The lowest BCUT2D eigenvalue weighted by Crippen LogP contribution is -2.39. The molecule has 0 aliphatic heterocycles. The smallest absolute Gasteiger partial charge is 0.308 e. The van der Waals surface area contributed by atoms with Gasteiger partial charge in [0.05, 0.1) is 6.42 Å². The first kappa shape index (κ1) is 19.2. The highest BCUT2D eigenvalue weighted by molar-refractivity contribution is 5.71. The molecule has 0 amide bonds. The zero-order valence-corrected chi connectivity index (χ0v) is 14.8. The SMILES string of the molecule is C=CCN(C(C=C)CC(=O)OC(C)(C)C)[C@H](C)c1ccccc1. The lowest BCUT2D eigenvalue weighted by Gasteiger charge is -2.34. The van der Waals surface area contributed by atoms with Crippen molar-refractivity contribution in [1.82, 2.24) is 4.90 Å². The van der Waals surface area contributed by atoms with Crippen LogP contribution in [-0.2, 0) is 9.53 Å². The Morgan fingerprint density at radius 2 is 1.87 bits per heavy atom. The summed E-state index contributed by atoms with van der Waals surface area (Å²) >= 11 is 0.